The van der Waals surface area contributed by atoms with Crippen molar-refractivity contribution in [2.45, 2.75) is 44.1 Å². The van der Waals surface area contributed by atoms with E-state index >= 15 is 0 Å². The molecule has 2 aromatic carbocycles. The van der Waals surface area contributed by atoms with Gasteiger partial charge in [-0.1, -0.05) is 55.3 Å². The van der Waals surface area contributed by atoms with E-state index in [2.05, 4.69) is 64.8 Å². The predicted molar refractivity (Wildman–Crippen MR) is 114 cm³/mol. The smallest absolute Gasteiger partial charge is 0.253 e. The molecule has 3 aliphatic rings. The second-order valence-corrected chi connectivity index (χ2v) is 8.39. The third-order valence-corrected chi connectivity index (χ3v) is 6.66. The van der Waals surface area contributed by atoms with Crippen molar-refractivity contribution in [1.29, 1.82) is 0 Å². The van der Waals surface area contributed by atoms with E-state index in [9.17, 15) is 4.79 Å². The fourth-order valence-electron chi connectivity index (χ4n) is 5.17. The molecule has 0 bridgehead atoms. The van der Waals surface area contributed by atoms with Crippen LogP contribution in [0.25, 0.3) is 0 Å². The first kappa shape index (κ1) is 17.5. The highest BCUT2D eigenvalue weighted by atomic mass is 16.2. The van der Waals surface area contributed by atoms with E-state index in [0.29, 0.717) is 17.9 Å². The van der Waals surface area contributed by atoms with Crippen LogP contribution in [0.2, 0.25) is 0 Å². The Balaban J connectivity index is 1.46. The first-order valence-corrected chi connectivity index (χ1v) is 10.7. The molecule has 1 amide bonds. The van der Waals surface area contributed by atoms with E-state index in [-0.39, 0.29) is 5.91 Å². The Morgan fingerprint density at radius 2 is 1.75 bits per heavy atom. The molecule has 1 N–H and O–H groups in total. The van der Waals surface area contributed by atoms with Crippen LogP contribution in [0.3, 0.4) is 0 Å². The highest BCUT2D eigenvalue weighted by molar-refractivity contribution is 5.95. The fourth-order valence-corrected chi connectivity index (χ4v) is 5.17. The van der Waals surface area contributed by atoms with Crippen molar-refractivity contribution < 1.29 is 4.79 Å². The molecule has 2 heterocycles. The van der Waals surface area contributed by atoms with Gasteiger partial charge >= 0.3 is 0 Å². The molecule has 0 spiro atoms. The molecular weight excluding hydrogens is 344 g/mol. The third-order valence-electron chi connectivity index (χ3n) is 6.66. The maximum atomic E-state index is 13.1. The van der Waals surface area contributed by atoms with Crippen molar-refractivity contribution in [3.63, 3.8) is 0 Å². The normalized spacial score (nSPS) is 26.1. The average Bonchev–Trinajstić information content (AvgIpc) is 3.08. The lowest BCUT2D eigenvalue weighted by molar-refractivity contribution is 0.0761. The lowest BCUT2D eigenvalue weighted by Gasteiger charge is -2.38. The Kier molecular flexibility index (Phi) is 4.67. The summed E-state index contributed by atoms with van der Waals surface area (Å²) in [5, 5.41) is 3.78. The molecule has 5 rings (SSSR count). The molecule has 1 aliphatic carbocycles. The molecule has 1 fully saturated rings. The summed E-state index contributed by atoms with van der Waals surface area (Å²) in [6, 6.07) is 17.4. The summed E-state index contributed by atoms with van der Waals surface area (Å²) in [6.07, 6.45) is 10.5. The topological polar surface area (TPSA) is 32.3 Å². The maximum Gasteiger partial charge on any atom is 0.253 e. The standard InChI is InChI=1S/C25H28N2O/c28-25(27-15-6-1-2-7-16-27)19-13-14-23-22(17-19)20-11-8-12-21(20)24(26-23)18-9-4-3-5-10-18/h3-5,8-11,13-14,17,20-21,24,26H,1-2,6-7,12,15-16H2/t20-,21+,24+/m1/s1. The molecule has 0 unspecified atom stereocenters. The molecule has 0 radical (unpaired) electrons. The van der Waals surface area contributed by atoms with E-state index in [1.165, 1.54) is 29.7 Å². The van der Waals surface area contributed by atoms with Crippen molar-refractivity contribution in [3.05, 3.63) is 77.4 Å². The number of allylic oxidation sites excluding steroid dienone is 2. The third kappa shape index (κ3) is 3.13. The summed E-state index contributed by atoms with van der Waals surface area (Å²) < 4.78 is 0. The number of hydrogen-bond donors (Lipinski definition) is 1. The molecule has 144 valence electrons. The summed E-state index contributed by atoms with van der Waals surface area (Å²) in [4.78, 5) is 15.2. The van der Waals surface area contributed by atoms with Crippen LogP contribution in [0.15, 0.2) is 60.7 Å². The van der Waals surface area contributed by atoms with Crippen LogP contribution in [-0.4, -0.2) is 23.9 Å². The van der Waals surface area contributed by atoms with Crippen molar-refractivity contribution in [1.82, 2.24) is 4.90 Å². The SMILES string of the molecule is O=C(c1ccc2c(c1)[C@@H]1C=CC[C@@H]1[C@H](c1ccccc1)N2)N1CCCCCC1. The number of anilines is 1. The van der Waals surface area contributed by atoms with Crippen LogP contribution in [0.1, 0.15) is 65.5 Å². The van der Waals surface area contributed by atoms with Gasteiger partial charge in [-0.2, -0.15) is 0 Å². The van der Waals surface area contributed by atoms with Gasteiger partial charge in [0.15, 0.2) is 0 Å². The zero-order valence-corrected chi connectivity index (χ0v) is 16.3. The number of fused-ring (bicyclic) bond motifs is 3. The zero-order chi connectivity index (χ0) is 18.9. The molecule has 3 atom stereocenters. The lowest BCUT2D eigenvalue weighted by atomic mass is 9.76. The molecule has 3 nitrogen and oxygen atoms in total. The second-order valence-electron chi connectivity index (χ2n) is 8.39. The number of amides is 1. The van der Waals surface area contributed by atoms with E-state index in [1.807, 2.05) is 6.07 Å². The summed E-state index contributed by atoms with van der Waals surface area (Å²) >= 11 is 0. The summed E-state index contributed by atoms with van der Waals surface area (Å²) in [7, 11) is 0. The zero-order valence-electron chi connectivity index (χ0n) is 16.3. The molecule has 2 aliphatic heterocycles. The van der Waals surface area contributed by atoms with Gasteiger partial charge in [-0.05, 0) is 54.5 Å². The largest absolute Gasteiger partial charge is 0.378 e. The number of likely N-dealkylation sites (tertiary alicyclic amines) is 1. The number of benzene rings is 2. The molecule has 2 aromatic rings. The Labute approximate surface area is 167 Å². The number of carbonyl (C=O) groups excluding carboxylic acids is 1. The van der Waals surface area contributed by atoms with Gasteiger partial charge in [0.2, 0.25) is 0 Å². The van der Waals surface area contributed by atoms with Crippen molar-refractivity contribution in [2.24, 2.45) is 5.92 Å². The second kappa shape index (κ2) is 7.46. The lowest BCUT2D eigenvalue weighted by Crippen LogP contribution is -2.33. The first-order chi connectivity index (χ1) is 13.8. The van der Waals surface area contributed by atoms with E-state index in [1.54, 1.807) is 0 Å². The molecule has 0 saturated carbocycles. The average molecular weight is 373 g/mol. The minimum Gasteiger partial charge on any atom is -0.378 e. The van der Waals surface area contributed by atoms with Gasteiger partial charge in [-0.3, -0.25) is 4.79 Å². The van der Waals surface area contributed by atoms with Gasteiger partial charge in [-0.15, -0.1) is 0 Å². The van der Waals surface area contributed by atoms with E-state index in [4.69, 9.17) is 0 Å². The number of nitrogens with one attached hydrogen (secondary N) is 1. The monoisotopic (exact) mass is 372 g/mol. The van der Waals surface area contributed by atoms with Crippen LogP contribution < -0.4 is 5.32 Å². The van der Waals surface area contributed by atoms with Gasteiger partial charge < -0.3 is 10.2 Å². The van der Waals surface area contributed by atoms with E-state index in [0.717, 1.165) is 37.9 Å². The highest BCUT2D eigenvalue weighted by Crippen LogP contribution is 2.49. The minimum atomic E-state index is 0.202. The van der Waals surface area contributed by atoms with Crippen molar-refractivity contribution in [3.8, 4) is 0 Å². The van der Waals surface area contributed by atoms with Crippen LogP contribution >= 0.6 is 0 Å². The van der Waals surface area contributed by atoms with Gasteiger partial charge in [0, 0.05) is 30.3 Å². The van der Waals surface area contributed by atoms with Gasteiger partial charge in [0.1, 0.15) is 0 Å². The number of hydrogen-bond acceptors (Lipinski definition) is 2. The van der Waals surface area contributed by atoms with Gasteiger partial charge in [0.25, 0.3) is 5.91 Å². The molecule has 28 heavy (non-hydrogen) atoms. The fraction of sp³-hybridized carbons (Fsp3) is 0.400. The number of carbonyl (C=O) groups is 1. The Bertz CT molecular complexity index is 881. The number of nitrogens with zero attached hydrogens (tertiary/aromatic N) is 1. The Morgan fingerprint density at radius 3 is 2.54 bits per heavy atom. The minimum absolute atomic E-state index is 0.202. The summed E-state index contributed by atoms with van der Waals surface area (Å²) in [5.74, 6) is 1.10. The summed E-state index contributed by atoms with van der Waals surface area (Å²) in [5.41, 5.74) is 4.65. The Hall–Kier alpha value is -2.55. The predicted octanol–water partition coefficient (Wildman–Crippen LogP) is 5.53. The number of rotatable bonds is 2. The van der Waals surface area contributed by atoms with Crippen LogP contribution in [-0.2, 0) is 0 Å². The van der Waals surface area contributed by atoms with Gasteiger partial charge in [-0.25, -0.2) is 0 Å². The van der Waals surface area contributed by atoms with Gasteiger partial charge in [0.05, 0.1) is 6.04 Å². The first-order valence-electron chi connectivity index (χ1n) is 10.7. The van der Waals surface area contributed by atoms with Crippen molar-refractivity contribution in [2.75, 3.05) is 18.4 Å². The van der Waals surface area contributed by atoms with Crippen molar-refractivity contribution >= 4 is 11.6 Å². The van der Waals surface area contributed by atoms with Crippen LogP contribution in [0, 0.1) is 5.92 Å². The molecule has 1 saturated heterocycles. The molecule has 0 aromatic heterocycles. The Morgan fingerprint density at radius 1 is 0.964 bits per heavy atom. The quantitative estimate of drug-likeness (QED) is 0.703. The van der Waals surface area contributed by atoms with E-state index < -0.39 is 0 Å². The highest BCUT2D eigenvalue weighted by Gasteiger charge is 2.38. The summed E-state index contributed by atoms with van der Waals surface area (Å²) in [6.45, 7) is 1.80. The molecule has 3 heteroatoms. The molecular formula is C25H28N2O. The van der Waals surface area contributed by atoms with Crippen LogP contribution in [0.5, 0.6) is 0 Å². The van der Waals surface area contributed by atoms with Crippen LogP contribution in [0.4, 0.5) is 5.69 Å². The maximum absolute atomic E-state index is 13.1.